The molecule has 3 N–H and O–H groups in total. The van der Waals surface area contributed by atoms with Crippen LogP contribution in [0.25, 0.3) is 6.08 Å². The number of nitrogens with zero attached hydrogens (tertiary/aromatic N) is 1. The first-order chi connectivity index (χ1) is 11.4. The van der Waals surface area contributed by atoms with Crippen molar-refractivity contribution in [3.63, 3.8) is 0 Å². The number of rotatable bonds is 6. The van der Waals surface area contributed by atoms with E-state index in [1.165, 1.54) is 6.08 Å². The van der Waals surface area contributed by atoms with Crippen LogP contribution in [0.4, 0.5) is 4.79 Å². The minimum absolute atomic E-state index is 0.244. The number of hydrogen-bond donors (Lipinski definition) is 2. The predicted molar refractivity (Wildman–Crippen MR) is 87.6 cm³/mol. The summed E-state index contributed by atoms with van der Waals surface area (Å²) >= 11 is 3.26. The molecule has 0 spiro atoms. The van der Waals surface area contributed by atoms with E-state index in [1.54, 1.807) is 36.5 Å². The lowest BCUT2D eigenvalue weighted by Crippen LogP contribution is -2.35. The topological polar surface area (TPSA) is 132 Å². The molecule has 0 saturated carbocycles. The maximum absolute atomic E-state index is 11.6. The molecule has 8 nitrogen and oxygen atoms in total. The van der Waals surface area contributed by atoms with Gasteiger partial charge in [0.25, 0.3) is 5.91 Å². The third-order valence-corrected chi connectivity index (χ3v) is 3.14. The number of urea groups is 1. The molecular weight excluding hydrogens is 382 g/mol. The molecule has 0 radical (unpaired) electrons. The number of carbonyl (C=O) groups excluding carboxylic acids is 3. The van der Waals surface area contributed by atoms with Gasteiger partial charge in [0, 0.05) is 0 Å². The molecule has 0 heterocycles. The monoisotopic (exact) mass is 395 g/mol. The first-order valence-electron chi connectivity index (χ1n) is 6.68. The molecule has 9 heteroatoms. The van der Waals surface area contributed by atoms with Gasteiger partial charge in [-0.2, -0.15) is 5.26 Å². The van der Waals surface area contributed by atoms with E-state index in [9.17, 15) is 14.4 Å². The molecule has 0 atom stereocenters. The van der Waals surface area contributed by atoms with Gasteiger partial charge in [0.2, 0.25) is 0 Å². The van der Waals surface area contributed by atoms with Crippen molar-refractivity contribution < 1.29 is 23.9 Å². The van der Waals surface area contributed by atoms with Crippen LogP contribution in [0.5, 0.6) is 5.75 Å². The van der Waals surface area contributed by atoms with Gasteiger partial charge in [0.1, 0.15) is 17.4 Å². The Balaban J connectivity index is 2.88. The van der Waals surface area contributed by atoms with Crippen LogP contribution in [0.2, 0.25) is 0 Å². The van der Waals surface area contributed by atoms with Gasteiger partial charge in [0.15, 0.2) is 6.61 Å². The molecule has 0 saturated heterocycles. The minimum Gasteiger partial charge on any atom is -0.481 e. The average molecular weight is 396 g/mol. The summed E-state index contributed by atoms with van der Waals surface area (Å²) in [6.45, 7) is 1.71. The lowest BCUT2D eigenvalue weighted by Gasteiger charge is -2.08. The fraction of sp³-hybridized carbons (Fsp3) is 0.200. The molecule has 0 bridgehead atoms. The summed E-state index contributed by atoms with van der Waals surface area (Å²) in [6.07, 6.45) is 1.28. The summed E-state index contributed by atoms with van der Waals surface area (Å²) in [6, 6.07) is 5.33. The molecule has 1 aromatic carbocycles. The Kier molecular flexibility index (Phi) is 7.45. The van der Waals surface area contributed by atoms with Crippen molar-refractivity contribution in [3.05, 3.63) is 33.8 Å². The number of ether oxygens (including phenoxy) is 2. The molecular formula is C15H14BrN3O5. The van der Waals surface area contributed by atoms with Gasteiger partial charge in [-0.1, -0.05) is 6.07 Å². The van der Waals surface area contributed by atoms with Crippen LogP contribution >= 0.6 is 15.9 Å². The summed E-state index contributed by atoms with van der Waals surface area (Å²) in [5.41, 5.74) is 5.04. The van der Waals surface area contributed by atoms with E-state index in [4.69, 9.17) is 20.5 Å². The second kappa shape index (κ2) is 9.32. The number of nitrogens with one attached hydrogen (secondary N) is 1. The van der Waals surface area contributed by atoms with Crippen LogP contribution in [0.15, 0.2) is 28.2 Å². The van der Waals surface area contributed by atoms with E-state index >= 15 is 0 Å². The third-order valence-electron chi connectivity index (χ3n) is 2.52. The van der Waals surface area contributed by atoms with Crippen LogP contribution < -0.4 is 15.8 Å². The molecule has 0 aliphatic rings. The van der Waals surface area contributed by atoms with Crippen molar-refractivity contribution in [2.24, 2.45) is 5.73 Å². The first-order valence-corrected chi connectivity index (χ1v) is 7.47. The number of amides is 3. The second-order valence-corrected chi connectivity index (χ2v) is 5.13. The zero-order chi connectivity index (χ0) is 18.1. The summed E-state index contributed by atoms with van der Waals surface area (Å²) < 4.78 is 10.5. The number of benzene rings is 1. The maximum atomic E-state index is 11.6. The minimum atomic E-state index is -1.05. The Hall–Kier alpha value is -2.86. The van der Waals surface area contributed by atoms with Crippen LogP contribution in [-0.4, -0.2) is 31.1 Å². The summed E-state index contributed by atoms with van der Waals surface area (Å²) in [7, 11) is 0. The molecule has 0 fully saturated rings. The number of carbonyl (C=O) groups is 3. The van der Waals surface area contributed by atoms with Gasteiger partial charge in [-0.25, -0.2) is 9.59 Å². The second-order valence-electron chi connectivity index (χ2n) is 4.27. The van der Waals surface area contributed by atoms with Crippen LogP contribution in [0.3, 0.4) is 0 Å². The number of halogens is 1. The van der Waals surface area contributed by atoms with Gasteiger partial charge < -0.3 is 15.2 Å². The van der Waals surface area contributed by atoms with Gasteiger partial charge in [-0.15, -0.1) is 0 Å². The summed E-state index contributed by atoms with van der Waals surface area (Å²) in [5.74, 6) is -1.01. The van der Waals surface area contributed by atoms with E-state index in [-0.39, 0.29) is 18.8 Å². The number of primary amides is 1. The largest absolute Gasteiger partial charge is 0.481 e. The summed E-state index contributed by atoms with van der Waals surface area (Å²) in [4.78, 5) is 33.5. The average Bonchev–Trinajstić information content (AvgIpc) is 2.51. The van der Waals surface area contributed by atoms with Crippen molar-refractivity contribution in [2.75, 3.05) is 13.2 Å². The summed E-state index contributed by atoms with van der Waals surface area (Å²) in [5, 5.41) is 10.8. The fourth-order valence-electron chi connectivity index (χ4n) is 1.56. The predicted octanol–water partition coefficient (Wildman–Crippen LogP) is 1.49. The fourth-order valence-corrected chi connectivity index (χ4v) is 2.07. The van der Waals surface area contributed by atoms with E-state index in [2.05, 4.69) is 15.9 Å². The quantitative estimate of drug-likeness (QED) is 0.426. The first kappa shape index (κ1) is 19.2. The van der Waals surface area contributed by atoms with Gasteiger partial charge in [0.05, 0.1) is 11.1 Å². The van der Waals surface area contributed by atoms with Crippen molar-refractivity contribution >= 4 is 39.9 Å². The Labute approximate surface area is 146 Å². The third kappa shape index (κ3) is 6.10. The van der Waals surface area contributed by atoms with Crippen molar-refractivity contribution in [3.8, 4) is 11.8 Å². The van der Waals surface area contributed by atoms with Gasteiger partial charge in [-0.3, -0.25) is 10.1 Å². The zero-order valence-corrected chi connectivity index (χ0v) is 14.3. The van der Waals surface area contributed by atoms with E-state index in [0.717, 1.165) is 0 Å². The van der Waals surface area contributed by atoms with Crippen molar-refractivity contribution in [2.45, 2.75) is 6.92 Å². The molecule has 0 aliphatic heterocycles. The highest BCUT2D eigenvalue weighted by Crippen LogP contribution is 2.27. The lowest BCUT2D eigenvalue weighted by atomic mass is 10.1. The number of imide groups is 1. The van der Waals surface area contributed by atoms with Crippen LogP contribution in [-0.2, 0) is 14.3 Å². The van der Waals surface area contributed by atoms with Crippen LogP contribution in [0.1, 0.15) is 12.5 Å². The smallest absolute Gasteiger partial charge is 0.344 e. The Morgan fingerprint density at radius 2 is 2.12 bits per heavy atom. The van der Waals surface area contributed by atoms with E-state index in [1.807, 2.05) is 0 Å². The molecule has 0 aromatic heterocycles. The van der Waals surface area contributed by atoms with E-state index < -0.39 is 17.9 Å². The zero-order valence-electron chi connectivity index (χ0n) is 12.7. The highest BCUT2D eigenvalue weighted by atomic mass is 79.9. The normalized spacial score (nSPS) is 10.5. The molecule has 1 rings (SSSR count). The maximum Gasteiger partial charge on any atom is 0.344 e. The molecule has 126 valence electrons. The Morgan fingerprint density at radius 1 is 1.42 bits per heavy atom. The molecule has 1 aromatic rings. The standard InChI is InChI=1S/C15H14BrN3O5/c1-2-23-13(20)8-24-12-4-3-9(6-11(12)16)5-10(7-17)14(21)19-15(18)22/h3-6H,2,8H2,1H3,(H3,18,19,21,22)/b10-5-. The molecule has 0 unspecified atom stereocenters. The van der Waals surface area contributed by atoms with E-state index in [0.29, 0.717) is 15.8 Å². The van der Waals surface area contributed by atoms with Gasteiger partial charge in [-0.05, 0) is 46.6 Å². The van der Waals surface area contributed by atoms with Gasteiger partial charge >= 0.3 is 12.0 Å². The highest BCUT2D eigenvalue weighted by Gasteiger charge is 2.12. The SMILES string of the molecule is CCOC(=O)COc1ccc(/C=C(/C#N)C(=O)NC(N)=O)cc1Br. The van der Waals surface area contributed by atoms with Crippen molar-refractivity contribution in [1.29, 1.82) is 5.26 Å². The number of nitrogens with two attached hydrogens (primary N) is 1. The number of esters is 1. The van der Waals surface area contributed by atoms with Crippen molar-refractivity contribution in [1.82, 2.24) is 5.32 Å². The Bertz CT molecular complexity index is 724. The molecule has 0 aliphatic carbocycles. The highest BCUT2D eigenvalue weighted by molar-refractivity contribution is 9.10. The Morgan fingerprint density at radius 3 is 2.67 bits per heavy atom. The number of nitriles is 1. The molecule has 3 amide bonds. The lowest BCUT2D eigenvalue weighted by molar-refractivity contribution is -0.145. The van der Waals surface area contributed by atoms with Crippen LogP contribution in [0, 0.1) is 11.3 Å². The number of hydrogen-bond acceptors (Lipinski definition) is 6. The molecule has 24 heavy (non-hydrogen) atoms.